The summed E-state index contributed by atoms with van der Waals surface area (Å²) in [6, 6.07) is 4.93. The molecule has 0 bridgehead atoms. The fourth-order valence-corrected chi connectivity index (χ4v) is 1.87. The molecule has 0 aromatic heterocycles. The van der Waals surface area contributed by atoms with E-state index in [-0.39, 0.29) is 29.9 Å². The summed E-state index contributed by atoms with van der Waals surface area (Å²) in [4.78, 5) is 15.5. The van der Waals surface area contributed by atoms with E-state index < -0.39 is 11.7 Å². The Bertz CT molecular complexity index is 547. The van der Waals surface area contributed by atoms with Crippen molar-refractivity contribution in [3.05, 3.63) is 35.4 Å². The first-order valence-electron chi connectivity index (χ1n) is 7.74. The van der Waals surface area contributed by atoms with Gasteiger partial charge in [0.2, 0.25) is 5.91 Å². The fraction of sp³-hybridized carbons (Fsp3) is 0.500. The van der Waals surface area contributed by atoms with Crippen molar-refractivity contribution >= 4 is 35.8 Å². The number of nitrogens with zero attached hydrogens (tertiary/aromatic N) is 1. The molecule has 0 radical (unpaired) electrons. The van der Waals surface area contributed by atoms with E-state index in [2.05, 4.69) is 20.9 Å². The van der Waals surface area contributed by atoms with Gasteiger partial charge in [0.15, 0.2) is 5.96 Å². The lowest BCUT2D eigenvalue weighted by Gasteiger charge is -2.12. The molecule has 3 N–H and O–H groups in total. The van der Waals surface area contributed by atoms with Gasteiger partial charge < -0.3 is 16.0 Å². The number of nitrogens with one attached hydrogen (secondary N) is 3. The van der Waals surface area contributed by atoms with E-state index in [9.17, 15) is 18.0 Å². The second-order valence-corrected chi connectivity index (χ2v) is 5.15. The minimum Gasteiger partial charge on any atom is -0.356 e. The molecule has 1 amide bonds. The zero-order valence-corrected chi connectivity index (χ0v) is 16.6. The van der Waals surface area contributed by atoms with Gasteiger partial charge in [0.05, 0.1) is 5.56 Å². The molecule has 0 aliphatic heterocycles. The number of carbonyl (C=O) groups is 1. The molecule has 0 atom stereocenters. The molecule has 0 spiro atoms. The highest BCUT2D eigenvalue weighted by Crippen LogP contribution is 2.28. The van der Waals surface area contributed by atoms with Crippen LogP contribution in [-0.2, 0) is 17.5 Å². The quantitative estimate of drug-likeness (QED) is 0.325. The summed E-state index contributed by atoms with van der Waals surface area (Å²) in [5.74, 6) is 0.445. The second kappa shape index (κ2) is 11.9. The van der Waals surface area contributed by atoms with Crippen LogP contribution < -0.4 is 16.0 Å². The van der Waals surface area contributed by atoms with Crippen LogP contribution in [0.3, 0.4) is 0 Å². The Hall–Kier alpha value is -1.52. The molecule has 1 rings (SSSR count). The number of alkyl halides is 3. The minimum atomic E-state index is -4.33. The number of hydrogen-bond donors (Lipinski definition) is 3. The molecule has 0 saturated carbocycles. The summed E-state index contributed by atoms with van der Waals surface area (Å²) in [5, 5.41) is 8.74. The van der Waals surface area contributed by atoms with E-state index >= 15 is 0 Å². The Morgan fingerprint density at radius 1 is 1.08 bits per heavy atom. The average molecular weight is 472 g/mol. The van der Waals surface area contributed by atoms with Crippen molar-refractivity contribution in [2.24, 2.45) is 4.99 Å². The Labute approximate surface area is 162 Å². The monoisotopic (exact) mass is 472 g/mol. The summed E-state index contributed by atoms with van der Waals surface area (Å²) in [5.41, 5.74) is 0.0264. The highest BCUT2D eigenvalue weighted by molar-refractivity contribution is 14.0. The summed E-state index contributed by atoms with van der Waals surface area (Å²) >= 11 is 0. The Balaban J connectivity index is 0.00000576. The van der Waals surface area contributed by atoms with Crippen molar-refractivity contribution in [1.82, 2.24) is 16.0 Å². The molecule has 0 saturated heterocycles. The van der Waals surface area contributed by atoms with E-state index in [4.69, 9.17) is 0 Å². The highest BCUT2D eigenvalue weighted by Gasteiger charge is 2.29. The van der Waals surface area contributed by atoms with Gasteiger partial charge in [-0.3, -0.25) is 9.79 Å². The summed E-state index contributed by atoms with van der Waals surface area (Å²) in [7, 11) is 1.58. The summed E-state index contributed by atoms with van der Waals surface area (Å²) in [6.07, 6.45) is -3.13. The van der Waals surface area contributed by atoms with Gasteiger partial charge in [-0.05, 0) is 24.1 Å². The van der Waals surface area contributed by atoms with E-state index in [1.807, 2.05) is 6.92 Å². The lowest BCUT2D eigenvalue weighted by atomic mass is 10.1. The third-order valence-corrected chi connectivity index (χ3v) is 3.18. The fourth-order valence-electron chi connectivity index (χ4n) is 1.87. The first-order chi connectivity index (χ1) is 11.4. The first-order valence-corrected chi connectivity index (χ1v) is 7.74. The van der Waals surface area contributed by atoms with Gasteiger partial charge in [-0.25, -0.2) is 0 Å². The molecular formula is C16H24F3IN4O. The molecule has 0 unspecified atom stereocenters. The standard InChI is InChI=1S/C16H23F3N4O.HI/c1-3-9-21-14(24)8-10-22-15(20-2)23-11-12-4-6-13(7-5-12)16(17,18)19;/h4-7H,3,8-11H2,1-2H3,(H,21,24)(H2,20,22,23);1H. The van der Waals surface area contributed by atoms with Crippen LogP contribution in [0, 0.1) is 0 Å². The van der Waals surface area contributed by atoms with Gasteiger partial charge in [0, 0.05) is 33.1 Å². The zero-order chi connectivity index (χ0) is 18.0. The molecule has 0 aliphatic carbocycles. The third-order valence-electron chi connectivity index (χ3n) is 3.18. The number of carbonyl (C=O) groups excluding carboxylic acids is 1. The van der Waals surface area contributed by atoms with Crippen molar-refractivity contribution in [2.75, 3.05) is 20.1 Å². The van der Waals surface area contributed by atoms with Crippen LogP contribution in [0.4, 0.5) is 13.2 Å². The number of halogens is 4. The van der Waals surface area contributed by atoms with Crippen molar-refractivity contribution < 1.29 is 18.0 Å². The maximum Gasteiger partial charge on any atom is 0.416 e. The van der Waals surface area contributed by atoms with E-state index in [0.717, 1.165) is 18.6 Å². The van der Waals surface area contributed by atoms with Crippen LogP contribution in [0.25, 0.3) is 0 Å². The van der Waals surface area contributed by atoms with E-state index in [0.29, 0.717) is 37.6 Å². The smallest absolute Gasteiger partial charge is 0.356 e. The topological polar surface area (TPSA) is 65.5 Å². The van der Waals surface area contributed by atoms with Crippen LogP contribution in [0.2, 0.25) is 0 Å². The first kappa shape index (κ1) is 23.5. The molecule has 1 aromatic rings. The molecule has 9 heteroatoms. The number of amides is 1. The predicted molar refractivity (Wildman–Crippen MR) is 103 cm³/mol. The molecule has 5 nitrogen and oxygen atoms in total. The maximum atomic E-state index is 12.5. The van der Waals surface area contributed by atoms with Crippen molar-refractivity contribution in [3.63, 3.8) is 0 Å². The SMILES string of the molecule is CCCNC(=O)CCNC(=NC)NCc1ccc(C(F)(F)F)cc1.I. The van der Waals surface area contributed by atoms with Crippen LogP contribution >= 0.6 is 24.0 Å². The number of aliphatic imine (C=N–C) groups is 1. The molecule has 0 heterocycles. The largest absolute Gasteiger partial charge is 0.416 e. The number of hydrogen-bond acceptors (Lipinski definition) is 2. The molecule has 0 fully saturated rings. The average Bonchev–Trinajstić information content (AvgIpc) is 2.55. The van der Waals surface area contributed by atoms with Crippen molar-refractivity contribution in [3.8, 4) is 0 Å². The molecule has 1 aromatic carbocycles. The van der Waals surface area contributed by atoms with Crippen molar-refractivity contribution in [1.29, 1.82) is 0 Å². The number of guanidine groups is 1. The summed E-state index contributed by atoms with van der Waals surface area (Å²) in [6.45, 7) is 3.38. The van der Waals surface area contributed by atoms with Gasteiger partial charge in [-0.1, -0.05) is 19.1 Å². The predicted octanol–water partition coefficient (Wildman–Crippen LogP) is 2.90. The highest BCUT2D eigenvalue weighted by atomic mass is 127. The van der Waals surface area contributed by atoms with Crippen LogP contribution in [0.15, 0.2) is 29.3 Å². The van der Waals surface area contributed by atoms with Gasteiger partial charge in [-0.15, -0.1) is 24.0 Å². The maximum absolute atomic E-state index is 12.5. The second-order valence-electron chi connectivity index (χ2n) is 5.15. The molecule has 25 heavy (non-hydrogen) atoms. The van der Waals surface area contributed by atoms with Crippen LogP contribution in [-0.4, -0.2) is 32.0 Å². The number of benzene rings is 1. The Kier molecular flexibility index (Phi) is 11.2. The number of rotatable bonds is 7. The van der Waals surface area contributed by atoms with E-state index in [1.54, 1.807) is 7.05 Å². The van der Waals surface area contributed by atoms with Gasteiger partial charge in [0.25, 0.3) is 0 Å². The zero-order valence-electron chi connectivity index (χ0n) is 14.2. The normalized spacial score (nSPS) is 11.5. The van der Waals surface area contributed by atoms with Gasteiger partial charge in [0.1, 0.15) is 0 Å². The van der Waals surface area contributed by atoms with E-state index in [1.165, 1.54) is 12.1 Å². The molecule has 0 aliphatic rings. The minimum absolute atomic E-state index is 0. The Morgan fingerprint density at radius 3 is 2.24 bits per heavy atom. The van der Waals surface area contributed by atoms with Gasteiger partial charge in [-0.2, -0.15) is 13.2 Å². The van der Waals surface area contributed by atoms with Crippen LogP contribution in [0.5, 0.6) is 0 Å². The van der Waals surface area contributed by atoms with Crippen LogP contribution in [0.1, 0.15) is 30.9 Å². The lowest BCUT2D eigenvalue weighted by Crippen LogP contribution is -2.39. The lowest BCUT2D eigenvalue weighted by molar-refractivity contribution is -0.137. The third kappa shape index (κ3) is 9.51. The summed E-state index contributed by atoms with van der Waals surface area (Å²) < 4.78 is 37.5. The Morgan fingerprint density at radius 2 is 1.72 bits per heavy atom. The van der Waals surface area contributed by atoms with Gasteiger partial charge >= 0.3 is 6.18 Å². The van der Waals surface area contributed by atoms with Crippen molar-refractivity contribution in [2.45, 2.75) is 32.5 Å². The molecular weight excluding hydrogens is 448 g/mol. The molecule has 142 valence electrons.